The number of carbonyl (C=O) groups excluding carboxylic acids is 3. The van der Waals surface area contributed by atoms with Gasteiger partial charge >= 0.3 is 0 Å². The molecule has 2 amide bonds. The summed E-state index contributed by atoms with van der Waals surface area (Å²) < 4.78 is 1.67. The Bertz CT molecular complexity index is 1370. The molecule has 8 nitrogen and oxygen atoms in total. The lowest BCUT2D eigenvalue weighted by molar-refractivity contribution is -0.150. The van der Waals surface area contributed by atoms with Crippen molar-refractivity contribution in [2.75, 3.05) is 10.6 Å². The largest absolute Gasteiger partial charge is 0.389 e. The van der Waals surface area contributed by atoms with Crippen molar-refractivity contribution in [3.05, 3.63) is 76.6 Å². The van der Waals surface area contributed by atoms with Crippen LogP contribution in [-0.2, 0) is 21.4 Å². The van der Waals surface area contributed by atoms with Crippen LogP contribution in [0, 0.1) is 39.5 Å². The van der Waals surface area contributed by atoms with Crippen LogP contribution in [0.5, 0.6) is 0 Å². The molecule has 0 bridgehead atoms. The van der Waals surface area contributed by atoms with Gasteiger partial charge in [-0.2, -0.15) is 5.10 Å². The molecule has 1 heterocycles. The number of aromatic nitrogens is 2. The molecule has 3 aromatic rings. The zero-order valence-electron chi connectivity index (χ0n) is 22.1. The highest BCUT2D eigenvalue weighted by Gasteiger charge is 2.57. The highest BCUT2D eigenvalue weighted by Crippen LogP contribution is 2.48. The summed E-state index contributed by atoms with van der Waals surface area (Å²) in [4.78, 5) is 41.2. The lowest BCUT2D eigenvalue weighted by atomic mass is 9.60. The Balaban J connectivity index is 1.84. The molecule has 194 valence electrons. The second-order valence-corrected chi connectivity index (χ2v) is 10.3. The molecule has 1 aliphatic rings. The Hall–Kier alpha value is -3.78. The number of carbonyl (C=O) groups is 3. The molecule has 0 aliphatic heterocycles. The molecule has 0 saturated heterocycles. The summed E-state index contributed by atoms with van der Waals surface area (Å²) in [7, 11) is 1.78. The number of aliphatic hydroxyl groups is 1. The highest BCUT2D eigenvalue weighted by molar-refractivity contribution is 6.10. The second kappa shape index (κ2) is 9.94. The molecule has 8 heteroatoms. The molecule has 3 N–H and O–H groups in total. The molecule has 1 aliphatic carbocycles. The maximum Gasteiger partial charge on any atom is 0.235 e. The number of para-hydroxylation sites is 2. The van der Waals surface area contributed by atoms with E-state index >= 15 is 0 Å². The first-order valence-electron chi connectivity index (χ1n) is 12.4. The molecule has 2 aromatic carbocycles. The smallest absolute Gasteiger partial charge is 0.235 e. The van der Waals surface area contributed by atoms with Crippen molar-refractivity contribution in [2.24, 2.45) is 18.9 Å². The van der Waals surface area contributed by atoms with Gasteiger partial charge in [0, 0.05) is 42.0 Å². The normalized spacial score (nSPS) is 23.5. The van der Waals surface area contributed by atoms with Crippen molar-refractivity contribution in [1.29, 1.82) is 0 Å². The van der Waals surface area contributed by atoms with Crippen molar-refractivity contribution >= 4 is 29.0 Å². The predicted molar refractivity (Wildman–Crippen MR) is 142 cm³/mol. The average Bonchev–Trinajstić information content (AvgIpc) is 3.06. The fraction of sp³-hybridized carbons (Fsp3) is 0.379. The molecular weight excluding hydrogens is 468 g/mol. The Labute approximate surface area is 217 Å². The van der Waals surface area contributed by atoms with Gasteiger partial charge in [0.1, 0.15) is 11.7 Å². The molecule has 4 rings (SSSR count). The van der Waals surface area contributed by atoms with Crippen LogP contribution in [0.25, 0.3) is 0 Å². The van der Waals surface area contributed by atoms with E-state index in [-0.39, 0.29) is 6.42 Å². The first kappa shape index (κ1) is 26.3. The Morgan fingerprint density at radius 2 is 1.46 bits per heavy atom. The number of nitrogens with one attached hydrogen (secondary N) is 2. The number of Topliss-reactive ketones (excluding diaryl/α,β-unsaturated/α-hetero) is 1. The topological polar surface area (TPSA) is 113 Å². The van der Waals surface area contributed by atoms with E-state index in [9.17, 15) is 19.5 Å². The van der Waals surface area contributed by atoms with Crippen molar-refractivity contribution in [2.45, 2.75) is 52.6 Å². The van der Waals surface area contributed by atoms with Crippen LogP contribution in [0.3, 0.4) is 0 Å². The number of hydrogen-bond donors (Lipinski definition) is 3. The number of rotatable bonds is 5. The van der Waals surface area contributed by atoms with Crippen molar-refractivity contribution in [3.8, 4) is 0 Å². The summed E-state index contributed by atoms with van der Waals surface area (Å²) in [6.07, 6.45) is -0.320. The van der Waals surface area contributed by atoms with Crippen molar-refractivity contribution in [3.63, 3.8) is 0 Å². The molecule has 1 aromatic heterocycles. The van der Waals surface area contributed by atoms with Gasteiger partial charge in [-0.1, -0.05) is 36.4 Å². The SMILES string of the molecule is Cc1ccccc1NC(=O)[C@@H]1C(=O)C[C@](C)(O)[C@@H](C(=O)Nc2ccccc2C)[C@H]1c1c(C)nn(C)c1C. The van der Waals surface area contributed by atoms with Crippen LogP contribution < -0.4 is 10.6 Å². The summed E-state index contributed by atoms with van der Waals surface area (Å²) >= 11 is 0. The van der Waals surface area contributed by atoms with Gasteiger partial charge < -0.3 is 15.7 Å². The summed E-state index contributed by atoms with van der Waals surface area (Å²) in [5, 5.41) is 21.9. The molecule has 0 spiro atoms. The predicted octanol–water partition coefficient (Wildman–Crippen LogP) is 3.97. The van der Waals surface area contributed by atoms with Crippen molar-refractivity contribution in [1.82, 2.24) is 9.78 Å². The first-order chi connectivity index (χ1) is 17.4. The van der Waals surface area contributed by atoms with Crippen LogP contribution in [0.1, 0.15) is 47.3 Å². The van der Waals surface area contributed by atoms with Crippen molar-refractivity contribution < 1.29 is 19.5 Å². The number of anilines is 2. The Morgan fingerprint density at radius 3 is 1.95 bits per heavy atom. The maximum absolute atomic E-state index is 13.9. The third-order valence-electron chi connectivity index (χ3n) is 7.54. The molecule has 1 fully saturated rings. The van der Waals surface area contributed by atoms with Crippen LogP contribution in [0.4, 0.5) is 11.4 Å². The zero-order chi connectivity index (χ0) is 27.1. The highest BCUT2D eigenvalue weighted by atomic mass is 16.3. The molecule has 0 unspecified atom stereocenters. The first-order valence-corrected chi connectivity index (χ1v) is 12.4. The fourth-order valence-electron chi connectivity index (χ4n) is 5.56. The average molecular weight is 503 g/mol. The van der Waals surface area contributed by atoms with E-state index in [1.807, 2.05) is 51.1 Å². The molecule has 4 atom stereocenters. The molecule has 37 heavy (non-hydrogen) atoms. The van der Waals surface area contributed by atoms with E-state index in [0.29, 0.717) is 22.6 Å². The van der Waals surface area contributed by atoms with Gasteiger partial charge in [0.25, 0.3) is 0 Å². The number of ketones is 1. The van der Waals surface area contributed by atoms with Crippen LogP contribution in [0.15, 0.2) is 48.5 Å². The minimum atomic E-state index is -1.68. The summed E-state index contributed by atoms with van der Waals surface area (Å²) in [5.74, 6) is -4.56. The Morgan fingerprint density at radius 1 is 0.946 bits per heavy atom. The van der Waals surface area contributed by atoms with Gasteiger partial charge in [-0.15, -0.1) is 0 Å². The van der Waals surface area contributed by atoms with Crippen LogP contribution in [-0.4, -0.2) is 38.1 Å². The number of hydrogen-bond acceptors (Lipinski definition) is 5. The minimum absolute atomic E-state index is 0.320. The molecule has 0 radical (unpaired) electrons. The van der Waals surface area contributed by atoms with E-state index in [1.165, 1.54) is 6.92 Å². The number of benzene rings is 2. The number of amides is 2. The monoisotopic (exact) mass is 502 g/mol. The second-order valence-electron chi connectivity index (χ2n) is 10.3. The van der Waals surface area contributed by atoms with Gasteiger partial charge in [-0.05, 0) is 57.9 Å². The fourth-order valence-corrected chi connectivity index (χ4v) is 5.56. The van der Waals surface area contributed by atoms with Gasteiger partial charge in [-0.25, -0.2) is 0 Å². The van der Waals surface area contributed by atoms with E-state index in [1.54, 1.807) is 36.9 Å². The van der Waals surface area contributed by atoms with E-state index in [2.05, 4.69) is 15.7 Å². The van der Waals surface area contributed by atoms with Gasteiger partial charge in [0.2, 0.25) is 11.8 Å². The van der Waals surface area contributed by atoms with Gasteiger partial charge in [0.05, 0.1) is 17.2 Å². The third-order valence-corrected chi connectivity index (χ3v) is 7.54. The summed E-state index contributed by atoms with van der Waals surface area (Å²) in [6.45, 7) is 8.88. The number of nitrogens with zero attached hydrogens (tertiary/aromatic N) is 2. The lowest BCUT2D eigenvalue weighted by Gasteiger charge is -2.44. The minimum Gasteiger partial charge on any atom is -0.389 e. The quantitative estimate of drug-likeness (QED) is 0.457. The van der Waals surface area contributed by atoms with Gasteiger partial charge in [-0.3, -0.25) is 19.1 Å². The van der Waals surface area contributed by atoms with Crippen LogP contribution >= 0.6 is 0 Å². The standard InChI is InChI=1S/C29H34N4O4/c1-16-11-7-9-13-20(16)30-27(35)24-22(34)15-29(5,37)26(25(24)23-18(3)32-33(6)19(23)4)28(36)31-21-14-10-8-12-17(21)2/h7-14,24-26,37H,15H2,1-6H3,(H,30,35)(H,31,36)/t24-,25+,26-,29+/m1/s1. The summed E-state index contributed by atoms with van der Waals surface area (Å²) in [5.41, 5.74) is 3.21. The van der Waals surface area contributed by atoms with Gasteiger partial charge in [0.15, 0.2) is 0 Å². The lowest BCUT2D eigenvalue weighted by Crippen LogP contribution is -2.56. The molecular formula is C29H34N4O4. The van der Waals surface area contributed by atoms with E-state index in [0.717, 1.165) is 16.8 Å². The van der Waals surface area contributed by atoms with Crippen LogP contribution in [0.2, 0.25) is 0 Å². The Kier molecular flexibility index (Phi) is 7.06. The maximum atomic E-state index is 13.9. The van der Waals surface area contributed by atoms with E-state index < -0.39 is 41.0 Å². The third kappa shape index (κ3) is 4.93. The summed E-state index contributed by atoms with van der Waals surface area (Å²) in [6, 6.07) is 14.7. The number of aryl methyl sites for hydroxylation is 4. The van der Waals surface area contributed by atoms with E-state index in [4.69, 9.17) is 0 Å². The molecule has 1 saturated carbocycles. The zero-order valence-corrected chi connectivity index (χ0v) is 22.1.